The largest absolute Gasteiger partial charge is 0.394 e. The summed E-state index contributed by atoms with van der Waals surface area (Å²) in [6.07, 6.45) is 4.35. The SMILES string of the molecule is N#CC(=Cc1ccc(N2CCC(Cc3ccccc3)CC2)c([N+](=O)[O-])c1)c1nn(CCO)c(N)c1C#N. The van der Waals surface area contributed by atoms with E-state index in [4.69, 9.17) is 5.73 Å². The molecule has 4 rings (SSSR count). The van der Waals surface area contributed by atoms with Crippen LogP contribution in [0.2, 0.25) is 0 Å². The Morgan fingerprint density at radius 3 is 2.57 bits per heavy atom. The van der Waals surface area contributed by atoms with Crippen molar-refractivity contribution in [2.24, 2.45) is 5.92 Å². The van der Waals surface area contributed by atoms with Crippen LogP contribution in [-0.4, -0.2) is 39.5 Å². The number of nitro groups is 1. The highest BCUT2D eigenvalue weighted by Gasteiger charge is 2.26. The number of nitrogens with zero attached hydrogens (tertiary/aromatic N) is 6. The van der Waals surface area contributed by atoms with Gasteiger partial charge in [0.2, 0.25) is 0 Å². The molecule has 0 atom stereocenters. The van der Waals surface area contributed by atoms with E-state index >= 15 is 0 Å². The van der Waals surface area contributed by atoms with Gasteiger partial charge in [-0.15, -0.1) is 0 Å². The lowest BCUT2D eigenvalue weighted by molar-refractivity contribution is -0.384. The minimum absolute atomic E-state index is 0.0192. The molecule has 0 bridgehead atoms. The van der Waals surface area contributed by atoms with Crippen LogP contribution in [0, 0.1) is 38.7 Å². The average molecular weight is 498 g/mol. The van der Waals surface area contributed by atoms with Gasteiger partial charge in [0.25, 0.3) is 5.69 Å². The Balaban J connectivity index is 1.57. The van der Waals surface area contributed by atoms with Gasteiger partial charge in [0.1, 0.15) is 34.9 Å². The molecular formula is C27H27N7O3. The van der Waals surface area contributed by atoms with Gasteiger partial charge in [-0.3, -0.25) is 10.1 Å². The Hall–Kier alpha value is -4.67. The second-order valence-electron chi connectivity index (χ2n) is 8.96. The number of hydrogen-bond donors (Lipinski definition) is 2. The number of aromatic nitrogens is 2. The highest BCUT2D eigenvalue weighted by molar-refractivity contribution is 5.92. The molecule has 2 heterocycles. The molecule has 0 radical (unpaired) electrons. The number of aliphatic hydroxyl groups excluding tert-OH is 1. The molecule has 10 nitrogen and oxygen atoms in total. The molecule has 188 valence electrons. The lowest BCUT2D eigenvalue weighted by Gasteiger charge is -2.33. The first kappa shape index (κ1) is 25.4. The number of nitrogens with two attached hydrogens (primary N) is 1. The molecule has 1 aliphatic heterocycles. The van der Waals surface area contributed by atoms with Crippen LogP contribution in [0.5, 0.6) is 0 Å². The maximum absolute atomic E-state index is 12.0. The smallest absolute Gasteiger partial charge is 0.293 e. The fourth-order valence-electron chi connectivity index (χ4n) is 4.73. The summed E-state index contributed by atoms with van der Waals surface area (Å²) in [5.74, 6) is 0.579. The Kier molecular flexibility index (Phi) is 7.82. The Morgan fingerprint density at radius 2 is 1.95 bits per heavy atom. The monoisotopic (exact) mass is 497 g/mol. The molecule has 3 aromatic rings. The van der Waals surface area contributed by atoms with Crippen LogP contribution in [0.15, 0.2) is 48.5 Å². The van der Waals surface area contributed by atoms with Crippen LogP contribution in [0.4, 0.5) is 17.2 Å². The third-order valence-corrected chi connectivity index (χ3v) is 6.62. The van der Waals surface area contributed by atoms with Crippen molar-refractivity contribution in [2.45, 2.75) is 25.8 Å². The summed E-state index contributed by atoms with van der Waals surface area (Å²) in [7, 11) is 0. The summed E-state index contributed by atoms with van der Waals surface area (Å²) in [6, 6.07) is 19.2. The molecule has 0 aliphatic carbocycles. The summed E-state index contributed by atoms with van der Waals surface area (Å²) in [5.41, 5.74) is 8.32. The molecule has 10 heteroatoms. The molecule has 1 fully saturated rings. The van der Waals surface area contributed by atoms with Crippen molar-refractivity contribution in [3.63, 3.8) is 0 Å². The first-order valence-electron chi connectivity index (χ1n) is 12.0. The minimum Gasteiger partial charge on any atom is -0.394 e. The summed E-state index contributed by atoms with van der Waals surface area (Å²) in [6.45, 7) is 1.29. The first-order valence-corrected chi connectivity index (χ1v) is 12.0. The zero-order chi connectivity index (χ0) is 26.4. The van der Waals surface area contributed by atoms with Crippen LogP contribution in [0.1, 0.15) is 35.2 Å². The molecule has 0 amide bonds. The van der Waals surface area contributed by atoms with E-state index in [1.807, 2.05) is 35.2 Å². The number of aliphatic hydroxyl groups is 1. The summed E-state index contributed by atoms with van der Waals surface area (Å²) in [4.78, 5) is 13.6. The number of nitrogen functional groups attached to an aromatic ring is 1. The van der Waals surface area contributed by atoms with E-state index in [0.717, 1.165) is 32.4 Å². The van der Waals surface area contributed by atoms with Crippen molar-refractivity contribution in [2.75, 3.05) is 30.3 Å². The summed E-state index contributed by atoms with van der Waals surface area (Å²) >= 11 is 0. The predicted octanol–water partition coefficient (Wildman–Crippen LogP) is 3.76. The standard InChI is InChI=1S/C27H27N7O3/c28-17-22(26-23(18-29)27(30)33(31-26)12-13-35)15-21-6-7-24(25(16-21)34(36)37)32-10-8-20(9-11-32)14-19-4-2-1-3-5-19/h1-7,15-16,20,35H,8-14,30H2. The molecule has 0 saturated carbocycles. The molecule has 2 aromatic carbocycles. The number of anilines is 2. The second-order valence-corrected chi connectivity index (χ2v) is 8.96. The van der Waals surface area contributed by atoms with Crippen LogP contribution in [0.25, 0.3) is 11.6 Å². The second kappa shape index (κ2) is 11.4. The number of benzene rings is 2. The fourth-order valence-corrected chi connectivity index (χ4v) is 4.73. The average Bonchev–Trinajstić information content (AvgIpc) is 3.23. The lowest BCUT2D eigenvalue weighted by atomic mass is 9.90. The third kappa shape index (κ3) is 5.61. The van der Waals surface area contributed by atoms with Gasteiger partial charge in [0.05, 0.1) is 23.6 Å². The maximum atomic E-state index is 12.0. The van der Waals surface area contributed by atoms with Crippen molar-refractivity contribution >= 4 is 28.8 Å². The van der Waals surface area contributed by atoms with E-state index in [9.17, 15) is 25.7 Å². The number of nitriles is 2. The van der Waals surface area contributed by atoms with Crippen LogP contribution in [0.3, 0.4) is 0 Å². The van der Waals surface area contributed by atoms with Crippen LogP contribution >= 0.6 is 0 Å². The highest BCUT2D eigenvalue weighted by atomic mass is 16.6. The topological polar surface area (TPSA) is 158 Å². The van der Waals surface area contributed by atoms with Gasteiger partial charge in [-0.1, -0.05) is 36.4 Å². The number of nitro benzene ring substituents is 1. The number of piperidine rings is 1. The molecule has 1 aromatic heterocycles. The zero-order valence-electron chi connectivity index (χ0n) is 20.2. The molecular weight excluding hydrogens is 470 g/mol. The number of rotatable bonds is 8. The quantitative estimate of drug-likeness (QED) is 0.270. The van der Waals surface area contributed by atoms with E-state index in [2.05, 4.69) is 17.2 Å². The Labute approximate surface area is 214 Å². The van der Waals surface area contributed by atoms with Gasteiger partial charge in [-0.25, -0.2) is 4.68 Å². The van der Waals surface area contributed by atoms with Crippen LogP contribution < -0.4 is 10.6 Å². The van der Waals surface area contributed by atoms with E-state index in [0.29, 0.717) is 17.2 Å². The lowest BCUT2D eigenvalue weighted by Crippen LogP contribution is -2.34. The van der Waals surface area contributed by atoms with E-state index in [1.165, 1.54) is 22.4 Å². The summed E-state index contributed by atoms with van der Waals surface area (Å²) < 4.78 is 1.26. The molecule has 37 heavy (non-hydrogen) atoms. The predicted molar refractivity (Wildman–Crippen MR) is 140 cm³/mol. The molecule has 1 saturated heterocycles. The van der Waals surface area contributed by atoms with Crippen molar-refractivity contribution in [3.8, 4) is 12.1 Å². The Morgan fingerprint density at radius 1 is 1.22 bits per heavy atom. The van der Waals surface area contributed by atoms with E-state index in [1.54, 1.807) is 12.1 Å². The van der Waals surface area contributed by atoms with Gasteiger partial charge >= 0.3 is 0 Å². The van der Waals surface area contributed by atoms with Gasteiger partial charge in [-0.05, 0) is 48.4 Å². The maximum Gasteiger partial charge on any atom is 0.293 e. The fraction of sp³-hybridized carbons (Fsp3) is 0.296. The van der Waals surface area contributed by atoms with Crippen molar-refractivity contribution in [3.05, 3.63) is 81.0 Å². The van der Waals surface area contributed by atoms with Crippen LogP contribution in [-0.2, 0) is 13.0 Å². The van der Waals surface area contributed by atoms with Crippen molar-refractivity contribution in [1.82, 2.24) is 9.78 Å². The molecule has 0 spiro atoms. The van der Waals surface area contributed by atoms with Gasteiger partial charge < -0.3 is 15.7 Å². The van der Waals surface area contributed by atoms with Crippen molar-refractivity contribution in [1.29, 1.82) is 10.5 Å². The van der Waals surface area contributed by atoms with Gasteiger partial charge in [0.15, 0.2) is 0 Å². The minimum atomic E-state index is -0.413. The van der Waals surface area contributed by atoms with E-state index in [-0.39, 0.29) is 41.5 Å². The van der Waals surface area contributed by atoms with E-state index < -0.39 is 4.92 Å². The molecule has 0 unspecified atom stereocenters. The number of allylic oxidation sites excluding steroid dienone is 1. The third-order valence-electron chi connectivity index (χ3n) is 6.62. The van der Waals surface area contributed by atoms with Gasteiger partial charge in [0, 0.05) is 19.2 Å². The highest BCUT2D eigenvalue weighted by Crippen LogP contribution is 2.34. The van der Waals surface area contributed by atoms with Gasteiger partial charge in [-0.2, -0.15) is 15.6 Å². The normalized spacial score (nSPS) is 14.2. The molecule has 1 aliphatic rings. The Bertz CT molecular complexity index is 1390. The number of hydrogen-bond acceptors (Lipinski definition) is 8. The van der Waals surface area contributed by atoms with Crippen molar-refractivity contribution < 1.29 is 10.0 Å². The molecule has 3 N–H and O–H groups in total. The zero-order valence-corrected chi connectivity index (χ0v) is 20.2. The first-order chi connectivity index (χ1) is 17.9. The summed E-state index contributed by atoms with van der Waals surface area (Å²) in [5, 5.41) is 44.6.